The molecule has 0 saturated carbocycles. The van der Waals surface area contributed by atoms with Gasteiger partial charge in [-0.1, -0.05) is 36.4 Å². The molecule has 0 radical (unpaired) electrons. The summed E-state index contributed by atoms with van der Waals surface area (Å²) in [6.07, 6.45) is 2.19. The normalized spacial score (nSPS) is 12.2. The van der Waals surface area contributed by atoms with Gasteiger partial charge in [0, 0.05) is 11.6 Å². The van der Waals surface area contributed by atoms with Crippen LogP contribution in [0.15, 0.2) is 48.5 Å². The number of hydrogen-bond acceptors (Lipinski definition) is 3. The van der Waals surface area contributed by atoms with Crippen molar-refractivity contribution < 1.29 is 14.3 Å². The summed E-state index contributed by atoms with van der Waals surface area (Å²) in [6, 6.07) is 13.3. The minimum Gasteiger partial charge on any atom is -0.451 e. The van der Waals surface area contributed by atoms with Gasteiger partial charge < -0.3 is 4.74 Å². The van der Waals surface area contributed by atoms with Crippen LogP contribution in [0.4, 0.5) is 0 Å². The van der Waals surface area contributed by atoms with Crippen LogP contribution in [0.5, 0.6) is 0 Å². The Balaban J connectivity index is 2.05. The van der Waals surface area contributed by atoms with Crippen molar-refractivity contribution in [3.8, 4) is 0 Å². The third kappa shape index (κ3) is 4.42. The highest BCUT2D eigenvalue weighted by atomic mass is 16.5. The summed E-state index contributed by atoms with van der Waals surface area (Å²) in [6.45, 7) is 7.47. The quantitative estimate of drug-likeness (QED) is 0.464. The topological polar surface area (TPSA) is 43.4 Å². The van der Waals surface area contributed by atoms with E-state index in [9.17, 15) is 9.59 Å². The predicted molar refractivity (Wildman–Crippen MR) is 96.0 cm³/mol. The largest absolute Gasteiger partial charge is 0.451 e. The average molecular weight is 322 g/mol. The molecule has 3 heteroatoms. The van der Waals surface area contributed by atoms with Gasteiger partial charge in [-0.2, -0.15) is 0 Å². The van der Waals surface area contributed by atoms with Crippen molar-refractivity contribution in [3.63, 3.8) is 0 Å². The van der Waals surface area contributed by atoms with E-state index in [0.717, 1.165) is 22.3 Å². The molecule has 0 bridgehead atoms. The number of aryl methyl sites for hydroxylation is 3. The van der Waals surface area contributed by atoms with E-state index in [1.807, 2.05) is 63.2 Å². The molecule has 1 unspecified atom stereocenters. The van der Waals surface area contributed by atoms with Gasteiger partial charge in [-0.05, 0) is 62.1 Å². The van der Waals surface area contributed by atoms with Crippen LogP contribution in [0.1, 0.15) is 39.5 Å². The van der Waals surface area contributed by atoms with Gasteiger partial charge in [-0.25, -0.2) is 4.79 Å². The van der Waals surface area contributed by atoms with Crippen molar-refractivity contribution in [3.05, 3.63) is 76.4 Å². The number of ether oxygens (including phenoxy) is 1. The number of carbonyl (C=O) groups excluding carboxylic acids is 2. The van der Waals surface area contributed by atoms with Crippen molar-refractivity contribution in [2.24, 2.45) is 0 Å². The molecule has 0 aliphatic heterocycles. The minimum atomic E-state index is -0.821. The molecule has 124 valence electrons. The molecule has 0 aromatic heterocycles. The number of ketones is 1. The maximum atomic E-state index is 12.5. The van der Waals surface area contributed by atoms with Crippen molar-refractivity contribution in [2.45, 2.75) is 33.8 Å². The number of carbonyl (C=O) groups is 2. The number of rotatable bonds is 5. The smallest absolute Gasteiger partial charge is 0.331 e. The van der Waals surface area contributed by atoms with Crippen LogP contribution in [0.25, 0.3) is 6.08 Å². The monoisotopic (exact) mass is 322 g/mol. The Kier molecular flexibility index (Phi) is 5.69. The molecule has 0 amide bonds. The molecular weight excluding hydrogens is 300 g/mol. The van der Waals surface area contributed by atoms with E-state index in [2.05, 4.69) is 0 Å². The van der Waals surface area contributed by atoms with E-state index in [1.165, 1.54) is 6.08 Å². The predicted octanol–water partition coefficient (Wildman–Crippen LogP) is 4.44. The van der Waals surface area contributed by atoms with Crippen molar-refractivity contribution >= 4 is 17.8 Å². The van der Waals surface area contributed by atoms with Crippen molar-refractivity contribution in [1.82, 2.24) is 0 Å². The Bertz CT molecular complexity index is 773. The number of Topliss-reactive ketones (excluding diaryl/α,β-unsaturated/α-hetero) is 1. The third-order valence-corrected chi connectivity index (χ3v) is 3.98. The minimum absolute atomic E-state index is 0.183. The summed E-state index contributed by atoms with van der Waals surface area (Å²) in [7, 11) is 0. The van der Waals surface area contributed by atoms with Gasteiger partial charge in [0.15, 0.2) is 6.10 Å². The standard InChI is InChI=1S/C21H22O3/c1-14-12-16(3)19(13-15(14)2)21(23)17(4)24-20(22)11-10-18-8-6-5-7-9-18/h5-13,17H,1-4H3/b11-10+. The first-order chi connectivity index (χ1) is 11.4. The first-order valence-electron chi connectivity index (χ1n) is 7.94. The molecule has 0 aliphatic rings. The molecule has 0 fully saturated rings. The molecule has 0 aliphatic carbocycles. The van der Waals surface area contributed by atoms with Crippen molar-refractivity contribution in [2.75, 3.05) is 0 Å². The van der Waals surface area contributed by atoms with Gasteiger partial charge in [-0.3, -0.25) is 4.79 Å². The van der Waals surface area contributed by atoms with Crippen LogP contribution in [0, 0.1) is 20.8 Å². The summed E-state index contributed by atoms with van der Waals surface area (Å²) in [5.41, 5.74) is 4.58. The SMILES string of the molecule is Cc1cc(C)c(C(=O)C(C)OC(=O)/C=C/c2ccccc2)cc1C. The van der Waals surface area contributed by atoms with E-state index >= 15 is 0 Å². The van der Waals surface area contributed by atoms with Crippen LogP contribution in [0.2, 0.25) is 0 Å². The Morgan fingerprint density at radius 3 is 2.25 bits per heavy atom. The van der Waals surface area contributed by atoms with Gasteiger partial charge in [0.1, 0.15) is 0 Å². The fourth-order valence-corrected chi connectivity index (χ4v) is 2.44. The fourth-order valence-electron chi connectivity index (χ4n) is 2.44. The Labute approximate surface area is 143 Å². The molecule has 0 N–H and O–H groups in total. The zero-order chi connectivity index (χ0) is 17.7. The third-order valence-electron chi connectivity index (χ3n) is 3.98. The Hall–Kier alpha value is -2.68. The Morgan fingerprint density at radius 1 is 0.958 bits per heavy atom. The van der Waals surface area contributed by atoms with E-state index in [4.69, 9.17) is 4.74 Å². The van der Waals surface area contributed by atoms with Gasteiger partial charge >= 0.3 is 5.97 Å². The lowest BCUT2D eigenvalue weighted by molar-refractivity contribution is -0.140. The molecular formula is C21H22O3. The van der Waals surface area contributed by atoms with Crippen LogP contribution < -0.4 is 0 Å². The number of hydrogen-bond donors (Lipinski definition) is 0. The summed E-state index contributed by atoms with van der Waals surface area (Å²) in [5.74, 6) is -0.710. The van der Waals surface area contributed by atoms with Crippen LogP contribution in [0.3, 0.4) is 0 Å². The molecule has 0 heterocycles. The highest BCUT2D eigenvalue weighted by Crippen LogP contribution is 2.18. The second-order valence-electron chi connectivity index (χ2n) is 5.94. The second-order valence-corrected chi connectivity index (χ2v) is 5.94. The maximum absolute atomic E-state index is 12.5. The number of esters is 1. The molecule has 2 aromatic rings. The second kappa shape index (κ2) is 7.73. The van der Waals surface area contributed by atoms with Gasteiger partial charge in [0.05, 0.1) is 0 Å². The maximum Gasteiger partial charge on any atom is 0.331 e. The summed E-state index contributed by atoms with van der Waals surface area (Å²) in [5, 5.41) is 0. The van der Waals surface area contributed by atoms with Gasteiger partial charge in [0.25, 0.3) is 0 Å². The highest BCUT2D eigenvalue weighted by Gasteiger charge is 2.20. The first kappa shape index (κ1) is 17.7. The summed E-state index contributed by atoms with van der Waals surface area (Å²) in [4.78, 5) is 24.4. The number of benzene rings is 2. The Morgan fingerprint density at radius 2 is 1.58 bits per heavy atom. The molecule has 24 heavy (non-hydrogen) atoms. The lowest BCUT2D eigenvalue weighted by Gasteiger charge is -2.14. The van der Waals surface area contributed by atoms with Gasteiger partial charge in [0.2, 0.25) is 5.78 Å². The van der Waals surface area contributed by atoms with Crippen LogP contribution in [-0.4, -0.2) is 17.9 Å². The van der Waals surface area contributed by atoms with Crippen molar-refractivity contribution in [1.29, 1.82) is 0 Å². The molecule has 1 atom stereocenters. The van der Waals surface area contributed by atoms with E-state index in [0.29, 0.717) is 5.56 Å². The van der Waals surface area contributed by atoms with E-state index < -0.39 is 12.1 Å². The lowest BCUT2D eigenvalue weighted by Crippen LogP contribution is -2.24. The summed E-state index contributed by atoms with van der Waals surface area (Å²) >= 11 is 0. The van der Waals surface area contributed by atoms with E-state index in [1.54, 1.807) is 13.0 Å². The zero-order valence-electron chi connectivity index (χ0n) is 14.5. The fraction of sp³-hybridized carbons (Fsp3) is 0.238. The first-order valence-corrected chi connectivity index (χ1v) is 7.94. The van der Waals surface area contributed by atoms with Crippen LogP contribution in [-0.2, 0) is 9.53 Å². The molecule has 0 saturated heterocycles. The lowest BCUT2D eigenvalue weighted by atomic mass is 9.96. The van der Waals surface area contributed by atoms with Gasteiger partial charge in [-0.15, -0.1) is 0 Å². The average Bonchev–Trinajstić information content (AvgIpc) is 2.56. The highest BCUT2D eigenvalue weighted by molar-refractivity contribution is 6.02. The molecule has 0 spiro atoms. The molecule has 3 nitrogen and oxygen atoms in total. The summed E-state index contributed by atoms with van der Waals surface area (Å²) < 4.78 is 5.24. The van der Waals surface area contributed by atoms with E-state index in [-0.39, 0.29) is 5.78 Å². The van der Waals surface area contributed by atoms with Crippen LogP contribution >= 0.6 is 0 Å². The molecule has 2 aromatic carbocycles. The zero-order valence-corrected chi connectivity index (χ0v) is 14.5. The molecule has 2 rings (SSSR count).